The van der Waals surface area contributed by atoms with E-state index in [0.717, 1.165) is 0 Å². The van der Waals surface area contributed by atoms with Crippen LogP contribution >= 0.6 is 0 Å². The predicted molar refractivity (Wildman–Crippen MR) is 48.7 cm³/mol. The Hall–Kier alpha value is -1.67. The molecule has 1 rings (SSSR count). The van der Waals surface area contributed by atoms with Crippen molar-refractivity contribution in [3.8, 4) is 11.9 Å². The number of nitriles is 1. The van der Waals surface area contributed by atoms with E-state index in [4.69, 9.17) is 14.7 Å². The summed E-state index contributed by atoms with van der Waals surface area (Å²) in [6.07, 6.45) is 2.71. The first-order chi connectivity index (χ1) is 6.76. The lowest BCUT2D eigenvalue weighted by Gasteiger charge is -2.11. The highest BCUT2D eigenvalue weighted by Gasteiger charge is 2.04. The summed E-state index contributed by atoms with van der Waals surface area (Å²) >= 11 is 0. The van der Waals surface area contributed by atoms with Crippen molar-refractivity contribution in [3.05, 3.63) is 18.1 Å². The molecule has 74 valence electrons. The number of ether oxygens (including phenoxy) is 2. The largest absolute Gasteiger partial charge is 0.471 e. The van der Waals surface area contributed by atoms with Crippen molar-refractivity contribution in [3.63, 3.8) is 0 Å². The van der Waals surface area contributed by atoms with E-state index in [1.54, 1.807) is 7.11 Å². The number of hydrogen-bond acceptors (Lipinski definition) is 5. The molecule has 0 aromatic carbocycles. The molecular weight excluding hydrogens is 182 g/mol. The lowest BCUT2D eigenvalue weighted by molar-refractivity contribution is 0.0886. The monoisotopic (exact) mass is 193 g/mol. The molecule has 5 nitrogen and oxygen atoms in total. The lowest BCUT2D eigenvalue weighted by atomic mass is 10.4. The van der Waals surface area contributed by atoms with Gasteiger partial charge < -0.3 is 9.47 Å². The highest BCUT2D eigenvalue weighted by Crippen LogP contribution is 2.06. The van der Waals surface area contributed by atoms with Gasteiger partial charge in [-0.1, -0.05) is 0 Å². The van der Waals surface area contributed by atoms with Gasteiger partial charge in [0.1, 0.15) is 12.2 Å². The zero-order valence-electron chi connectivity index (χ0n) is 8.10. The Balaban J connectivity index is 2.56. The van der Waals surface area contributed by atoms with Crippen molar-refractivity contribution in [1.82, 2.24) is 9.97 Å². The van der Waals surface area contributed by atoms with E-state index in [1.807, 2.05) is 13.0 Å². The predicted octanol–water partition coefficient (Wildman–Crippen LogP) is 0.762. The smallest absolute Gasteiger partial charge is 0.232 e. The minimum atomic E-state index is -0.0813. The fourth-order valence-corrected chi connectivity index (χ4v) is 0.910. The van der Waals surface area contributed by atoms with E-state index in [1.165, 1.54) is 12.4 Å². The van der Waals surface area contributed by atoms with Crippen LogP contribution in [0, 0.1) is 11.3 Å². The Morgan fingerprint density at radius 2 is 2.29 bits per heavy atom. The minimum absolute atomic E-state index is 0.0813. The summed E-state index contributed by atoms with van der Waals surface area (Å²) in [6, 6.07) is 1.88. The van der Waals surface area contributed by atoms with Crippen molar-refractivity contribution < 1.29 is 9.47 Å². The van der Waals surface area contributed by atoms with E-state index in [2.05, 4.69) is 9.97 Å². The average Bonchev–Trinajstić information content (AvgIpc) is 2.19. The molecule has 0 fully saturated rings. The molecule has 1 aromatic heterocycles. The average molecular weight is 193 g/mol. The number of hydrogen-bond donors (Lipinski definition) is 0. The molecule has 0 amide bonds. The Morgan fingerprint density at radius 3 is 2.79 bits per heavy atom. The van der Waals surface area contributed by atoms with E-state index in [9.17, 15) is 0 Å². The third kappa shape index (κ3) is 2.99. The van der Waals surface area contributed by atoms with Crippen molar-refractivity contribution >= 4 is 0 Å². The Labute approximate surface area is 82.3 Å². The van der Waals surface area contributed by atoms with Gasteiger partial charge in [-0.15, -0.1) is 0 Å². The normalized spacial score (nSPS) is 11.8. The third-order valence-electron chi connectivity index (χ3n) is 1.47. The lowest BCUT2D eigenvalue weighted by Crippen LogP contribution is -2.18. The van der Waals surface area contributed by atoms with Gasteiger partial charge in [-0.2, -0.15) is 5.26 Å². The maximum Gasteiger partial charge on any atom is 0.232 e. The molecule has 0 radical (unpaired) electrons. The van der Waals surface area contributed by atoms with E-state index < -0.39 is 0 Å². The highest BCUT2D eigenvalue weighted by atomic mass is 16.5. The minimum Gasteiger partial charge on any atom is -0.471 e. The summed E-state index contributed by atoms with van der Waals surface area (Å²) in [5, 5.41) is 8.48. The first kappa shape index (κ1) is 10.4. The van der Waals surface area contributed by atoms with Crippen LogP contribution in [0.15, 0.2) is 12.4 Å². The van der Waals surface area contributed by atoms with Gasteiger partial charge >= 0.3 is 0 Å². The molecule has 0 saturated heterocycles. The molecule has 0 spiro atoms. The standard InChI is InChI=1S/C9H11N3O2/c1-7(6-13-2)14-9-5-11-8(3-10)4-12-9/h4-5,7H,6H2,1-2H3. The highest BCUT2D eigenvalue weighted by molar-refractivity contribution is 5.18. The molecule has 5 heteroatoms. The van der Waals surface area contributed by atoms with Gasteiger partial charge in [0.15, 0.2) is 5.69 Å². The van der Waals surface area contributed by atoms with Crippen LogP contribution in [0.25, 0.3) is 0 Å². The molecule has 0 aliphatic carbocycles. The maximum absolute atomic E-state index is 8.48. The number of rotatable bonds is 4. The van der Waals surface area contributed by atoms with Gasteiger partial charge in [-0.05, 0) is 6.92 Å². The van der Waals surface area contributed by atoms with Crippen molar-refractivity contribution in [1.29, 1.82) is 5.26 Å². The van der Waals surface area contributed by atoms with Crippen LogP contribution in [-0.2, 0) is 4.74 Å². The molecular formula is C9H11N3O2. The molecule has 1 aromatic rings. The van der Waals surface area contributed by atoms with Crippen LogP contribution in [0.4, 0.5) is 0 Å². The van der Waals surface area contributed by atoms with Gasteiger partial charge in [0.05, 0.1) is 19.0 Å². The second-order valence-corrected chi connectivity index (χ2v) is 2.74. The van der Waals surface area contributed by atoms with Crippen molar-refractivity contribution in [2.75, 3.05) is 13.7 Å². The Morgan fingerprint density at radius 1 is 1.50 bits per heavy atom. The number of aromatic nitrogens is 2. The molecule has 0 bridgehead atoms. The summed E-state index contributed by atoms with van der Waals surface area (Å²) in [6.45, 7) is 2.35. The number of nitrogens with zero attached hydrogens (tertiary/aromatic N) is 3. The van der Waals surface area contributed by atoms with E-state index in [-0.39, 0.29) is 11.8 Å². The first-order valence-corrected chi connectivity index (χ1v) is 4.14. The first-order valence-electron chi connectivity index (χ1n) is 4.14. The molecule has 1 unspecified atom stereocenters. The summed E-state index contributed by atoms with van der Waals surface area (Å²) in [4.78, 5) is 7.73. The zero-order valence-corrected chi connectivity index (χ0v) is 8.10. The van der Waals surface area contributed by atoms with Crippen LogP contribution in [0.2, 0.25) is 0 Å². The molecule has 0 saturated carbocycles. The fraction of sp³-hybridized carbons (Fsp3) is 0.444. The second-order valence-electron chi connectivity index (χ2n) is 2.74. The molecule has 0 aliphatic rings. The van der Waals surface area contributed by atoms with Gasteiger partial charge in [0, 0.05) is 7.11 Å². The molecule has 1 heterocycles. The van der Waals surface area contributed by atoms with Crippen molar-refractivity contribution in [2.24, 2.45) is 0 Å². The summed E-state index contributed by atoms with van der Waals surface area (Å²) in [5.74, 6) is 0.397. The summed E-state index contributed by atoms with van der Waals surface area (Å²) in [7, 11) is 1.60. The molecule has 1 atom stereocenters. The van der Waals surface area contributed by atoms with Crippen LogP contribution < -0.4 is 4.74 Å². The van der Waals surface area contributed by atoms with Gasteiger partial charge in [0.2, 0.25) is 5.88 Å². The fourth-order valence-electron chi connectivity index (χ4n) is 0.910. The van der Waals surface area contributed by atoms with Crippen LogP contribution in [0.3, 0.4) is 0 Å². The molecule has 14 heavy (non-hydrogen) atoms. The van der Waals surface area contributed by atoms with Crippen molar-refractivity contribution in [2.45, 2.75) is 13.0 Å². The van der Waals surface area contributed by atoms with Gasteiger partial charge in [-0.3, -0.25) is 0 Å². The maximum atomic E-state index is 8.48. The molecule has 0 aliphatic heterocycles. The Kier molecular flexibility index (Phi) is 3.83. The van der Waals surface area contributed by atoms with Gasteiger partial charge in [-0.25, -0.2) is 9.97 Å². The van der Waals surface area contributed by atoms with E-state index >= 15 is 0 Å². The quantitative estimate of drug-likeness (QED) is 0.706. The van der Waals surface area contributed by atoms with Gasteiger partial charge in [0.25, 0.3) is 0 Å². The SMILES string of the molecule is COCC(C)Oc1cnc(C#N)cn1. The second kappa shape index (κ2) is 5.14. The molecule has 0 N–H and O–H groups in total. The Bertz CT molecular complexity index is 318. The van der Waals surface area contributed by atoms with Crippen LogP contribution in [0.1, 0.15) is 12.6 Å². The van der Waals surface area contributed by atoms with E-state index in [0.29, 0.717) is 12.5 Å². The summed E-state index contributed by atoms with van der Waals surface area (Å²) < 4.78 is 10.2. The van der Waals surface area contributed by atoms with Crippen LogP contribution in [0.5, 0.6) is 5.88 Å². The third-order valence-corrected chi connectivity index (χ3v) is 1.47. The zero-order chi connectivity index (χ0) is 10.4. The topological polar surface area (TPSA) is 68.0 Å². The van der Waals surface area contributed by atoms with Crippen LogP contribution in [-0.4, -0.2) is 29.8 Å². The number of methoxy groups -OCH3 is 1. The summed E-state index contributed by atoms with van der Waals surface area (Å²) in [5.41, 5.74) is 0.275.